The fourth-order valence-electron chi connectivity index (χ4n) is 3.50. The molecule has 21 heavy (non-hydrogen) atoms. The van der Waals surface area contributed by atoms with Gasteiger partial charge in [-0.3, -0.25) is 0 Å². The Labute approximate surface area is 129 Å². The quantitative estimate of drug-likeness (QED) is 0.916. The Balaban J connectivity index is 1.43. The Hall–Kier alpha value is -0.970. The van der Waals surface area contributed by atoms with Crippen LogP contribution in [0.5, 0.6) is 0 Å². The first-order chi connectivity index (χ1) is 10.4. The maximum Gasteiger partial charge on any atom is 0.0815 e. The zero-order valence-electron chi connectivity index (χ0n) is 12.3. The maximum atomic E-state index is 5.52. The van der Waals surface area contributed by atoms with E-state index in [0.29, 0.717) is 6.04 Å². The zero-order valence-corrected chi connectivity index (χ0v) is 13.1. The molecule has 0 radical (unpaired) electrons. The molecule has 1 atom stereocenters. The van der Waals surface area contributed by atoms with Gasteiger partial charge in [0.1, 0.15) is 0 Å². The van der Waals surface area contributed by atoms with E-state index in [-0.39, 0.29) is 0 Å². The van der Waals surface area contributed by atoms with Crippen molar-refractivity contribution in [1.29, 1.82) is 0 Å². The van der Waals surface area contributed by atoms with Crippen LogP contribution in [0.2, 0.25) is 0 Å². The zero-order chi connectivity index (χ0) is 14.1. The monoisotopic (exact) mass is 302 g/mol. The number of thiazole rings is 1. The maximum absolute atomic E-state index is 5.52. The van der Waals surface area contributed by atoms with Crippen LogP contribution in [-0.4, -0.2) is 24.2 Å². The topological polar surface area (TPSA) is 34.2 Å². The number of hydrogen-bond acceptors (Lipinski definition) is 4. The molecule has 1 saturated heterocycles. The highest BCUT2D eigenvalue weighted by molar-refractivity contribution is 7.16. The summed E-state index contributed by atoms with van der Waals surface area (Å²) in [7, 11) is 0. The van der Waals surface area contributed by atoms with E-state index in [0.717, 1.165) is 37.1 Å². The largest absolute Gasteiger partial charge is 0.381 e. The smallest absolute Gasteiger partial charge is 0.0815 e. The van der Waals surface area contributed by atoms with Gasteiger partial charge in [-0.05, 0) is 55.2 Å². The molecule has 0 spiro atoms. The Morgan fingerprint density at radius 1 is 1.19 bits per heavy atom. The lowest BCUT2D eigenvalue weighted by Gasteiger charge is -2.31. The van der Waals surface area contributed by atoms with Crippen molar-refractivity contribution in [3.63, 3.8) is 0 Å². The van der Waals surface area contributed by atoms with Gasteiger partial charge in [0, 0.05) is 25.8 Å². The van der Waals surface area contributed by atoms with Crippen LogP contribution in [0.3, 0.4) is 0 Å². The summed E-state index contributed by atoms with van der Waals surface area (Å²) in [5, 5.41) is 3.84. The van der Waals surface area contributed by atoms with Crippen LogP contribution in [0.25, 0.3) is 10.2 Å². The first kappa shape index (κ1) is 13.7. The van der Waals surface area contributed by atoms with E-state index in [1.807, 2.05) is 5.51 Å². The molecule has 1 aliphatic heterocycles. The van der Waals surface area contributed by atoms with Crippen LogP contribution >= 0.6 is 11.3 Å². The second kappa shape index (κ2) is 6.03. The number of hydrogen-bond donors (Lipinski definition) is 1. The fraction of sp³-hybridized carbons (Fsp3) is 0.588. The van der Waals surface area contributed by atoms with Crippen molar-refractivity contribution in [1.82, 2.24) is 10.3 Å². The molecule has 0 amide bonds. The lowest BCUT2D eigenvalue weighted by Crippen LogP contribution is -2.40. The Morgan fingerprint density at radius 3 is 2.81 bits per heavy atom. The first-order valence-electron chi connectivity index (χ1n) is 8.03. The second-order valence-electron chi connectivity index (χ2n) is 6.35. The molecule has 1 aromatic carbocycles. The summed E-state index contributed by atoms with van der Waals surface area (Å²) in [6, 6.07) is 7.35. The summed E-state index contributed by atoms with van der Waals surface area (Å²) in [5.74, 6) is 1.70. The van der Waals surface area contributed by atoms with Crippen molar-refractivity contribution >= 4 is 21.6 Å². The predicted molar refractivity (Wildman–Crippen MR) is 86.5 cm³/mol. The van der Waals surface area contributed by atoms with E-state index in [1.165, 1.54) is 35.9 Å². The van der Waals surface area contributed by atoms with E-state index in [9.17, 15) is 0 Å². The van der Waals surface area contributed by atoms with Gasteiger partial charge in [-0.25, -0.2) is 4.98 Å². The molecule has 2 aliphatic rings. The molecule has 1 unspecified atom stereocenters. The number of benzene rings is 1. The predicted octanol–water partition coefficient (Wildman–Crippen LogP) is 3.59. The number of ether oxygens (including phenoxy) is 1. The average molecular weight is 302 g/mol. The van der Waals surface area contributed by atoms with Gasteiger partial charge in [0.15, 0.2) is 0 Å². The van der Waals surface area contributed by atoms with Gasteiger partial charge in [0.2, 0.25) is 0 Å². The van der Waals surface area contributed by atoms with Gasteiger partial charge in [-0.15, -0.1) is 11.3 Å². The van der Waals surface area contributed by atoms with Crippen LogP contribution in [-0.2, 0) is 11.3 Å². The molecule has 1 aliphatic carbocycles. The molecule has 0 bridgehead atoms. The Kier molecular flexibility index (Phi) is 3.93. The van der Waals surface area contributed by atoms with Crippen LogP contribution in [0.15, 0.2) is 23.7 Å². The molecule has 1 saturated carbocycles. The Morgan fingerprint density at radius 2 is 2.00 bits per heavy atom. The number of nitrogens with zero attached hydrogens (tertiary/aromatic N) is 1. The molecular formula is C17H22N2OS. The van der Waals surface area contributed by atoms with Gasteiger partial charge in [0.05, 0.1) is 15.7 Å². The minimum absolute atomic E-state index is 0.681. The minimum Gasteiger partial charge on any atom is -0.381 e. The van der Waals surface area contributed by atoms with Crippen molar-refractivity contribution in [2.24, 2.45) is 11.8 Å². The van der Waals surface area contributed by atoms with Gasteiger partial charge >= 0.3 is 0 Å². The van der Waals surface area contributed by atoms with Crippen LogP contribution < -0.4 is 5.32 Å². The standard InChI is InChI=1S/C17H22N2OS/c1-4-16-15(19-11-21-16)9-12(1)10-18-17(13-2-3-13)14-5-7-20-8-6-14/h1,4,9,11,13-14,17-18H,2-3,5-8,10H2. The average Bonchev–Trinajstić information content (AvgIpc) is 3.25. The summed E-state index contributed by atoms with van der Waals surface area (Å²) in [4.78, 5) is 4.42. The van der Waals surface area contributed by atoms with Crippen molar-refractivity contribution < 1.29 is 4.74 Å². The molecule has 4 rings (SSSR count). The van der Waals surface area contributed by atoms with Crippen molar-refractivity contribution in [2.75, 3.05) is 13.2 Å². The molecule has 4 heteroatoms. The van der Waals surface area contributed by atoms with Gasteiger partial charge in [0.25, 0.3) is 0 Å². The minimum atomic E-state index is 0.681. The Bertz CT molecular complexity index is 602. The van der Waals surface area contributed by atoms with Gasteiger partial charge < -0.3 is 10.1 Å². The van der Waals surface area contributed by atoms with Crippen LogP contribution in [0.1, 0.15) is 31.2 Å². The lowest BCUT2D eigenvalue weighted by molar-refractivity contribution is 0.0504. The fourth-order valence-corrected chi connectivity index (χ4v) is 4.16. The lowest BCUT2D eigenvalue weighted by atomic mass is 9.88. The molecule has 3 nitrogen and oxygen atoms in total. The number of fused-ring (bicyclic) bond motifs is 1. The summed E-state index contributed by atoms with van der Waals surface area (Å²) in [5.41, 5.74) is 4.41. The number of nitrogens with one attached hydrogen (secondary N) is 1. The SMILES string of the molecule is c1nc2cc(CNC(C3CCOCC3)C3CC3)ccc2s1. The third-order valence-corrected chi connectivity index (χ3v) is 5.65. The van der Waals surface area contributed by atoms with E-state index in [2.05, 4.69) is 28.5 Å². The van der Waals surface area contributed by atoms with Gasteiger partial charge in [-0.2, -0.15) is 0 Å². The van der Waals surface area contributed by atoms with Crippen LogP contribution in [0, 0.1) is 11.8 Å². The van der Waals surface area contributed by atoms with Gasteiger partial charge in [-0.1, -0.05) is 6.07 Å². The first-order valence-corrected chi connectivity index (χ1v) is 8.91. The highest BCUT2D eigenvalue weighted by Gasteiger charge is 2.36. The molecule has 112 valence electrons. The summed E-state index contributed by atoms with van der Waals surface area (Å²) in [6.45, 7) is 2.85. The normalized spacial score (nSPS) is 21.7. The summed E-state index contributed by atoms with van der Waals surface area (Å²) >= 11 is 1.71. The third-order valence-electron chi connectivity index (χ3n) is 4.84. The van der Waals surface area contributed by atoms with Crippen LogP contribution in [0.4, 0.5) is 0 Å². The number of aromatic nitrogens is 1. The molecule has 2 heterocycles. The highest BCUT2D eigenvalue weighted by Crippen LogP contribution is 2.38. The van der Waals surface area contributed by atoms with E-state index >= 15 is 0 Å². The molecule has 2 aromatic rings. The molecule has 1 aromatic heterocycles. The van der Waals surface area contributed by atoms with E-state index in [4.69, 9.17) is 4.74 Å². The molecule has 1 N–H and O–H groups in total. The number of rotatable bonds is 5. The van der Waals surface area contributed by atoms with Crippen molar-refractivity contribution in [3.8, 4) is 0 Å². The van der Waals surface area contributed by atoms with E-state index < -0.39 is 0 Å². The molecular weight excluding hydrogens is 280 g/mol. The van der Waals surface area contributed by atoms with Crippen molar-refractivity contribution in [3.05, 3.63) is 29.3 Å². The third kappa shape index (κ3) is 3.12. The van der Waals surface area contributed by atoms with Crippen molar-refractivity contribution in [2.45, 2.75) is 38.3 Å². The highest BCUT2D eigenvalue weighted by atomic mass is 32.1. The summed E-state index contributed by atoms with van der Waals surface area (Å²) in [6.07, 6.45) is 5.25. The summed E-state index contributed by atoms with van der Waals surface area (Å²) < 4.78 is 6.80. The second-order valence-corrected chi connectivity index (χ2v) is 7.23. The molecule has 2 fully saturated rings. The van der Waals surface area contributed by atoms with E-state index in [1.54, 1.807) is 11.3 Å².